The van der Waals surface area contributed by atoms with Gasteiger partial charge in [-0.2, -0.15) is 0 Å². The minimum atomic E-state index is 0.328. The van der Waals surface area contributed by atoms with Crippen LogP contribution in [-0.4, -0.2) is 43.3 Å². The van der Waals surface area contributed by atoms with Crippen LogP contribution >= 0.6 is 0 Å². The van der Waals surface area contributed by atoms with Gasteiger partial charge in [0.1, 0.15) is 0 Å². The molecule has 2 aliphatic rings. The smallest absolute Gasteiger partial charge is 0.0707 e. The molecule has 0 bridgehead atoms. The molecule has 2 N–H and O–H groups in total. The van der Waals surface area contributed by atoms with Crippen LogP contribution in [0.3, 0.4) is 0 Å². The van der Waals surface area contributed by atoms with Gasteiger partial charge in [-0.1, -0.05) is 6.92 Å². The number of nitrogens with zero attached hydrogens (tertiary/aromatic N) is 1. The van der Waals surface area contributed by atoms with E-state index < -0.39 is 0 Å². The standard InChI is InChI=1S/C12H24N2O/c1-2-14(8-10-3-4-10)9-12-6-5-11(7-13)15-12/h10-12H,2-9,13H2,1H3. The molecule has 0 amide bonds. The fraction of sp³-hybridized carbons (Fsp3) is 1.00. The van der Waals surface area contributed by atoms with Gasteiger partial charge in [-0.25, -0.2) is 0 Å². The summed E-state index contributed by atoms with van der Waals surface area (Å²) >= 11 is 0. The maximum Gasteiger partial charge on any atom is 0.0707 e. The largest absolute Gasteiger partial charge is 0.372 e. The normalized spacial score (nSPS) is 31.4. The first kappa shape index (κ1) is 11.4. The van der Waals surface area contributed by atoms with E-state index in [1.54, 1.807) is 0 Å². The SMILES string of the molecule is CCN(CC1CC1)CC1CCC(CN)O1. The number of nitrogens with two attached hydrogens (primary N) is 1. The highest BCUT2D eigenvalue weighted by molar-refractivity contribution is 4.81. The van der Waals surface area contributed by atoms with Crippen molar-refractivity contribution in [2.75, 3.05) is 26.2 Å². The van der Waals surface area contributed by atoms with E-state index in [1.807, 2.05) is 0 Å². The minimum Gasteiger partial charge on any atom is -0.372 e. The molecule has 0 aromatic heterocycles. The zero-order valence-corrected chi connectivity index (χ0v) is 9.82. The molecule has 1 aliphatic heterocycles. The molecule has 2 rings (SSSR count). The Bertz CT molecular complexity index is 194. The van der Waals surface area contributed by atoms with Crippen molar-refractivity contribution in [1.29, 1.82) is 0 Å². The Morgan fingerprint density at radius 1 is 1.13 bits per heavy atom. The summed E-state index contributed by atoms with van der Waals surface area (Å²) < 4.78 is 5.88. The fourth-order valence-electron chi connectivity index (χ4n) is 2.37. The Hall–Kier alpha value is -0.120. The predicted molar refractivity (Wildman–Crippen MR) is 61.8 cm³/mol. The van der Waals surface area contributed by atoms with Gasteiger partial charge in [-0.15, -0.1) is 0 Å². The van der Waals surface area contributed by atoms with Crippen molar-refractivity contribution < 1.29 is 4.74 Å². The molecule has 1 heterocycles. The molecular weight excluding hydrogens is 188 g/mol. The Kier molecular flexibility index (Phi) is 4.00. The summed E-state index contributed by atoms with van der Waals surface area (Å²) in [6, 6.07) is 0. The van der Waals surface area contributed by atoms with E-state index in [2.05, 4.69) is 11.8 Å². The number of hydrogen-bond acceptors (Lipinski definition) is 3. The first-order chi connectivity index (χ1) is 7.31. The summed E-state index contributed by atoms with van der Waals surface area (Å²) in [6.45, 7) is 6.49. The van der Waals surface area contributed by atoms with Gasteiger partial charge in [0.25, 0.3) is 0 Å². The zero-order chi connectivity index (χ0) is 10.7. The third-order valence-electron chi connectivity index (χ3n) is 3.58. The van der Waals surface area contributed by atoms with Crippen LogP contribution in [0.2, 0.25) is 0 Å². The van der Waals surface area contributed by atoms with E-state index in [0.717, 1.165) is 25.4 Å². The van der Waals surface area contributed by atoms with Crippen molar-refractivity contribution in [2.45, 2.75) is 44.8 Å². The molecule has 1 saturated heterocycles. The molecule has 0 spiro atoms. The van der Waals surface area contributed by atoms with Gasteiger partial charge in [0, 0.05) is 19.6 Å². The highest BCUT2D eigenvalue weighted by Crippen LogP contribution is 2.30. The molecule has 3 heteroatoms. The lowest BCUT2D eigenvalue weighted by Gasteiger charge is -2.24. The summed E-state index contributed by atoms with van der Waals surface area (Å²) in [7, 11) is 0. The second-order valence-corrected chi connectivity index (χ2v) is 4.99. The molecule has 15 heavy (non-hydrogen) atoms. The molecule has 0 aromatic carbocycles. The first-order valence-electron chi connectivity index (χ1n) is 6.39. The minimum absolute atomic E-state index is 0.328. The third kappa shape index (κ3) is 3.44. The molecule has 1 aliphatic carbocycles. The summed E-state index contributed by atoms with van der Waals surface area (Å²) in [5.74, 6) is 0.983. The molecule has 2 atom stereocenters. The molecule has 2 unspecified atom stereocenters. The van der Waals surface area contributed by atoms with Crippen LogP contribution in [0, 0.1) is 5.92 Å². The Balaban J connectivity index is 1.69. The Morgan fingerprint density at radius 3 is 2.40 bits per heavy atom. The van der Waals surface area contributed by atoms with Gasteiger partial charge < -0.3 is 15.4 Å². The summed E-state index contributed by atoms with van der Waals surface area (Å²) in [5.41, 5.74) is 5.61. The number of hydrogen-bond donors (Lipinski definition) is 1. The van der Waals surface area contributed by atoms with Crippen LogP contribution in [0.4, 0.5) is 0 Å². The summed E-state index contributed by atoms with van der Waals surface area (Å²) in [5, 5.41) is 0. The van der Waals surface area contributed by atoms with Crippen molar-refractivity contribution in [2.24, 2.45) is 11.7 Å². The Morgan fingerprint density at radius 2 is 1.87 bits per heavy atom. The van der Waals surface area contributed by atoms with Crippen LogP contribution in [0.1, 0.15) is 32.6 Å². The van der Waals surface area contributed by atoms with Crippen molar-refractivity contribution in [1.82, 2.24) is 4.90 Å². The monoisotopic (exact) mass is 212 g/mol. The topological polar surface area (TPSA) is 38.5 Å². The average Bonchev–Trinajstić information content (AvgIpc) is 2.95. The second-order valence-electron chi connectivity index (χ2n) is 4.99. The third-order valence-corrected chi connectivity index (χ3v) is 3.58. The maximum atomic E-state index is 5.88. The van der Waals surface area contributed by atoms with Gasteiger partial charge in [0.05, 0.1) is 12.2 Å². The summed E-state index contributed by atoms with van der Waals surface area (Å²) in [4.78, 5) is 2.54. The van der Waals surface area contributed by atoms with E-state index >= 15 is 0 Å². The lowest BCUT2D eigenvalue weighted by atomic mass is 10.2. The van der Waals surface area contributed by atoms with Crippen molar-refractivity contribution in [3.05, 3.63) is 0 Å². The number of rotatable bonds is 6. The van der Waals surface area contributed by atoms with Crippen LogP contribution in [0.5, 0.6) is 0 Å². The van der Waals surface area contributed by atoms with Crippen LogP contribution < -0.4 is 5.73 Å². The maximum absolute atomic E-state index is 5.88. The second kappa shape index (κ2) is 5.28. The Labute approximate surface area is 93.0 Å². The lowest BCUT2D eigenvalue weighted by Crippen LogP contribution is -2.34. The van der Waals surface area contributed by atoms with E-state index in [9.17, 15) is 0 Å². The molecular formula is C12H24N2O. The average molecular weight is 212 g/mol. The van der Waals surface area contributed by atoms with Crippen molar-refractivity contribution in [3.63, 3.8) is 0 Å². The van der Waals surface area contributed by atoms with E-state index in [1.165, 1.54) is 25.8 Å². The van der Waals surface area contributed by atoms with Crippen molar-refractivity contribution in [3.8, 4) is 0 Å². The van der Waals surface area contributed by atoms with Gasteiger partial charge in [-0.05, 0) is 38.1 Å². The number of likely N-dealkylation sites (N-methyl/N-ethyl adjacent to an activating group) is 1. The van der Waals surface area contributed by atoms with Crippen LogP contribution in [0.15, 0.2) is 0 Å². The highest BCUT2D eigenvalue weighted by atomic mass is 16.5. The van der Waals surface area contributed by atoms with Crippen molar-refractivity contribution >= 4 is 0 Å². The molecule has 88 valence electrons. The molecule has 0 aromatic rings. The number of ether oxygens (including phenoxy) is 1. The van der Waals surface area contributed by atoms with Gasteiger partial charge in [-0.3, -0.25) is 0 Å². The highest BCUT2D eigenvalue weighted by Gasteiger charge is 2.28. The first-order valence-corrected chi connectivity index (χ1v) is 6.39. The van der Waals surface area contributed by atoms with E-state index in [-0.39, 0.29) is 0 Å². The van der Waals surface area contributed by atoms with Gasteiger partial charge >= 0.3 is 0 Å². The quantitative estimate of drug-likeness (QED) is 0.719. The van der Waals surface area contributed by atoms with E-state index in [0.29, 0.717) is 18.8 Å². The molecule has 3 nitrogen and oxygen atoms in total. The van der Waals surface area contributed by atoms with Gasteiger partial charge in [0.15, 0.2) is 0 Å². The summed E-state index contributed by atoms with van der Waals surface area (Å²) in [6.07, 6.45) is 6.00. The fourth-order valence-corrected chi connectivity index (χ4v) is 2.37. The molecule has 1 saturated carbocycles. The molecule has 0 radical (unpaired) electrons. The van der Waals surface area contributed by atoms with Crippen LogP contribution in [0.25, 0.3) is 0 Å². The lowest BCUT2D eigenvalue weighted by molar-refractivity contribution is 0.0272. The van der Waals surface area contributed by atoms with Crippen LogP contribution in [-0.2, 0) is 4.74 Å². The van der Waals surface area contributed by atoms with Gasteiger partial charge in [0.2, 0.25) is 0 Å². The zero-order valence-electron chi connectivity index (χ0n) is 9.82. The van der Waals surface area contributed by atoms with E-state index in [4.69, 9.17) is 10.5 Å². The molecule has 2 fully saturated rings. The predicted octanol–water partition coefficient (Wildman–Crippen LogP) is 1.22.